The highest BCUT2D eigenvalue weighted by molar-refractivity contribution is 5.91. The minimum Gasteiger partial charge on any atom is -0.364 e. The molecule has 122 valence electrons. The van der Waals surface area contributed by atoms with Gasteiger partial charge in [0.05, 0.1) is 5.52 Å². The van der Waals surface area contributed by atoms with Crippen LogP contribution in [0.2, 0.25) is 0 Å². The molecule has 5 heteroatoms. The Balaban J connectivity index is 0.00000192. The molecule has 2 aromatic heterocycles. The summed E-state index contributed by atoms with van der Waals surface area (Å²) in [7, 11) is 0. The fourth-order valence-electron chi connectivity index (χ4n) is 2.67. The summed E-state index contributed by atoms with van der Waals surface area (Å²) < 4.78 is 0. The van der Waals surface area contributed by atoms with Gasteiger partial charge >= 0.3 is 0 Å². The molecule has 0 atom stereocenters. The van der Waals surface area contributed by atoms with E-state index < -0.39 is 0 Å². The van der Waals surface area contributed by atoms with Gasteiger partial charge in [0.1, 0.15) is 5.82 Å². The number of hydrogen-bond donors (Lipinski definition) is 2. The molecule has 0 aliphatic heterocycles. The smallest absolute Gasteiger partial charge is 0.153 e. The topological polar surface area (TPSA) is 44.0 Å². The van der Waals surface area contributed by atoms with Crippen molar-refractivity contribution < 1.29 is 0 Å². The molecule has 0 bridgehead atoms. The Kier molecular flexibility index (Phi) is 5.88. The maximum absolute atomic E-state index is 4.81. The first-order valence-corrected chi connectivity index (χ1v) is 7.82. The summed E-state index contributed by atoms with van der Waals surface area (Å²) >= 11 is 0. The number of hydrogen-bond acceptors (Lipinski definition) is 3. The van der Waals surface area contributed by atoms with Crippen LogP contribution in [0.15, 0.2) is 48.7 Å². The fraction of sp³-hybridized carbons (Fsp3) is 0.278. The van der Waals surface area contributed by atoms with Crippen LogP contribution in [0.25, 0.3) is 10.9 Å². The Morgan fingerprint density at radius 3 is 2.52 bits per heavy atom. The van der Waals surface area contributed by atoms with Crippen LogP contribution in [0, 0.1) is 0 Å². The van der Waals surface area contributed by atoms with Crippen LogP contribution < -0.4 is 10.2 Å². The number of nitrogens with one attached hydrogen (secondary N) is 2. The number of pyridine rings is 1. The molecule has 3 rings (SSSR count). The maximum atomic E-state index is 4.81. The van der Waals surface area contributed by atoms with Gasteiger partial charge in [-0.25, -0.2) is 4.98 Å². The zero-order chi connectivity index (χ0) is 15.4. The normalized spacial score (nSPS) is 10.3. The summed E-state index contributed by atoms with van der Waals surface area (Å²) in [5, 5.41) is 4.65. The predicted molar refractivity (Wildman–Crippen MR) is 101 cm³/mol. The third-order valence-corrected chi connectivity index (χ3v) is 3.92. The first-order valence-electron chi connectivity index (χ1n) is 7.82. The molecule has 0 aliphatic carbocycles. The second kappa shape index (κ2) is 7.88. The lowest BCUT2D eigenvalue weighted by Crippen LogP contribution is -2.23. The lowest BCUT2D eigenvalue weighted by Gasteiger charge is -2.21. The monoisotopic (exact) mass is 330 g/mol. The zero-order valence-electron chi connectivity index (χ0n) is 13.5. The predicted octanol–water partition coefficient (Wildman–Crippen LogP) is 4.44. The Bertz CT molecular complexity index is 735. The molecule has 0 saturated heterocycles. The molecule has 3 aromatic rings. The van der Waals surface area contributed by atoms with Crippen molar-refractivity contribution in [3.63, 3.8) is 0 Å². The number of aromatic amines is 1. The van der Waals surface area contributed by atoms with E-state index in [0.717, 1.165) is 36.8 Å². The maximum Gasteiger partial charge on any atom is 0.153 e. The van der Waals surface area contributed by atoms with Gasteiger partial charge in [0.25, 0.3) is 0 Å². The second-order valence-corrected chi connectivity index (χ2v) is 5.28. The van der Waals surface area contributed by atoms with Gasteiger partial charge in [0.15, 0.2) is 5.82 Å². The molecule has 4 nitrogen and oxygen atoms in total. The molecule has 0 radical (unpaired) electrons. The van der Waals surface area contributed by atoms with Crippen LogP contribution >= 0.6 is 12.4 Å². The number of aromatic nitrogens is 2. The minimum atomic E-state index is 0. The van der Waals surface area contributed by atoms with E-state index in [0.29, 0.717) is 0 Å². The Hall–Kier alpha value is -2.20. The van der Waals surface area contributed by atoms with E-state index in [2.05, 4.69) is 65.4 Å². The van der Waals surface area contributed by atoms with Gasteiger partial charge < -0.3 is 15.2 Å². The van der Waals surface area contributed by atoms with E-state index in [1.165, 1.54) is 10.9 Å². The number of fused-ring (bicyclic) bond motifs is 1. The number of H-pyrrole nitrogens is 1. The van der Waals surface area contributed by atoms with Gasteiger partial charge in [-0.3, -0.25) is 0 Å². The van der Waals surface area contributed by atoms with E-state index in [1.807, 2.05) is 12.3 Å². The summed E-state index contributed by atoms with van der Waals surface area (Å²) in [6.45, 7) is 6.99. The average molecular weight is 331 g/mol. The summed E-state index contributed by atoms with van der Waals surface area (Å²) in [4.78, 5) is 10.4. The summed E-state index contributed by atoms with van der Waals surface area (Å²) in [5.74, 6) is 1.93. The molecule has 0 unspecified atom stereocenters. The van der Waals surface area contributed by atoms with Crippen molar-refractivity contribution in [2.45, 2.75) is 20.4 Å². The molecule has 0 amide bonds. The van der Waals surface area contributed by atoms with E-state index in [1.54, 1.807) is 0 Å². The van der Waals surface area contributed by atoms with Crippen molar-refractivity contribution >= 4 is 34.9 Å². The number of halogens is 1. The first-order chi connectivity index (χ1) is 10.8. The molecule has 2 N–H and O–H groups in total. The van der Waals surface area contributed by atoms with Crippen LogP contribution in [0.1, 0.15) is 19.4 Å². The van der Waals surface area contributed by atoms with Crippen LogP contribution in [0.5, 0.6) is 0 Å². The molecule has 23 heavy (non-hydrogen) atoms. The van der Waals surface area contributed by atoms with Gasteiger partial charge in [-0.05, 0) is 31.5 Å². The zero-order valence-corrected chi connectivity index (χ0v) is 14.4. The highest BCUT2D eigenvalue weighted by atomic mass is 35.5. The fourth-order valence-corrected chi connectivity index (χ4v) is 2.67. The highest BCUT2D eigenvalue weighted by Gasteiger charge is 2.10. The number of rotatable bonds is 6. The van der Waals surface area contributed by atoms with E-state index >= 15 is 0 Å². The standard InChI is InChI=1S/C18H22N4.ClH/c1-3-22(4-2)16-12-15-10-11-19-17(15)18(21-16)20-13-14-8-6-5-7-9-14;/h5-12,19H,3-4,13H2,1-2H3,(H,20,21);1H. The van der Waals surface area contributed by atoms with Gasteiger partial charge in [-0.1, -0.05) is 30.3 Å². The molecule has 0 saturated carbocycles. The Labute approximate surface area is 143 Å². The summed E-state index contributed by atoms with van der Waals surface area (Å²) in [5.41, 5.74) is 2.31. The van der Waals surface area contributed by atoms with E-state index in [4.69, 9.17) is 4.98 Å². The summed E-state index contributed by atoms with van der Waals surface area (Å²) in [6, 6.07) is 14.6. The van der Waals surface area contributed by atoms with Crippen molar-refractivity contribution in [1.82, 2.24) is 9.97 Å². The van der Waals surface area contributed by atoms with E-state index in [-0.39, 0.29) is 12.4 Å². The molecule has 0 fully saturated rings. The molecule has 2 heterocycles. The molecule has 1 aromatic carbocycles. The number of anilines is 2. The largest absolute Gasteiger partial charge is 0.364 e. The first kappa shape index (κ1) is 17.2. The average Bonchev–Trinajstić information content (AvgIpc) is 3.03. The van der Waals surface area contributed by atoms with Gasteiger partial charge in [0, 0.05) is 31.2 Å². The number of nitrogens with zero attached hydrogens (tertiary/aromatic N) is 2. The lowest BCUT2D eigenvalue weighted by molar-refractivity contribution is 0.847. The highest BCUT2D eigenvalue weighted by Crippen LogP contribution is 2.26. The van der Waals surface area contributed by atoms with Crippen molar-refractivity contribution in [3.8, 4) is 0 Å². The van der Waals surface area contributed by atoms with E-state index in [9.17, 15) is 0 Å². The quantitative estimate of drug-likeness (QED) is 0.702. The molecular weight excluding hydrogens is 308 g/mol. The van der Waals surface area contributed by atoms with Crippen LogP contribution in [0.3, 0.4) is 0 Å². The third kappa shape index (κ3) is 3.77. The van der Waals surface area contributed by atoms with Crippen molar-refractivity contribution in [2.24, 2.45) is 0 Å². The Morgan fingerprint density at radius 2 is 1.83 bits per heavy atom. The molecule has 0 spiro atoms. The van der Waals surface area contributed by atoms with Crippen LogP contribution in [-0.4, -0.2) is 23.1 Å². The van der Waals surface area contributed by atoms with Crippen molar-refractivity contribution in [1.29, 1.82) is 0 Å². The minimum absolute atomic E-state index is 0. The van der Waals surface area contributed by atoms with Crippen molar-refractivity contribution in [2.75, 3.05) is 23.3 Å². The van der Waals surface area contributed by atoms with Crippen molar-refractivity contribution in [3.05, 3.63) is 54.2 Å². The second-order valence-electron chi connectivity index (χ2n) is 5.28. The van der Waals surface area contributed by atoms with Gasteiger partial charge in [0.2, 0.25) is 0 Å². The van der Waals surface area contributed by atoms with Crippen LogP contribution in [0.4, 0.5) is 11.6 Å². The third-order valence-electron chi connectivity index (χ3n) is 3.92. The van der Waals surface area contributed by atoms with Gasteiger partial charge in [-0.15, -0.1) is 12.4 Å². The van der Waals surface area contributed by atoms with Crippen LogP contribution in [-0.2, 0) is 6.54 Å². The molecular formula is C18H23ClN4. The van der Waals surface area contributed by atoms with Gasteiger partial charge in [-0.2, -0.15) is 0 Å². The SMILES string of the molecule is CCN(CC)c1cc2cc[nH]c2c(NCc2ccccc2)n1.Cl. The lowest BCUT2D eigenvalue weighted by atomic mass is 10.2. The Morgan fingerprint density at radius 1 is 1.09 bits per heavy atom. The molecule has 0 aliphatic rings. The summed E-state index contributed by atoms with van der Waals surface area (Å²) in [6.07, 6.45) is 1.96. The number of benzene rings is 1.